The first-order valence-electron chi connectivity index (χ1n) is 10.00. The minimum absolute atomic E-state index is 0.692. The van der Waals surface area contributed by atoms with Gasteiger partial charge in [0, 0.05) is 30.5 Å². The first-order chi connectivity index (χ1) is 14.1. The maximum atomic E-state index is 5.46. The lowest BCUT2D eigenvalue weighted by Gasteiger charge is -2.18. The van der Waals surface area contributed by atoms with Gasteiger partial charge in [0.25, 0.3) is 0 Å². The van der Waals surface area contributed by atoms with Crippen LogP contribution in [0.5, 0.6) is 5.75 Å². The highest BCUT2D eigenvalue weighted by atomic mass is 16.5. The van der Waals surface area contributed by atoms with E-state index in [4.69, 9.17) is 4.74 Å². The van der Waals surface area contributed by atoms with Gasteiger partial charge in [0.1, 0.15) is 23.2 Å². The monoisotopic (exact) mass is 389 g/mol. The van der Waals surface area contributed by atoms with Crippen molar-refractivity contribution in [3.05, 3.63) is 59.9 Å². The van der Waals surface area contributed by atoms with Crippen LogP contribution in [0.4, 0.5) is 28.7 Å². The van der Waals surface area contributed by atoms with Crippen LogP contribution in [0, 0.1) is 13.8 Å². The largest absolute Gasteiger partial charge is 0.495 e. The molecule has 0 unspecified atom stereocenters. The van der Waals surface area contributed by atoms with E-state index in [0.29, 0.717) is 5.82 Å². The van der Waals surface area contributed by atoms with Gasteiger partial charge in [-0.25, -0.2) is 9.97 Å². The molecule has 1 aliphatic heterocycles. The van der Waals surface area contributed by atoms with Crippen molar-refractivity contribution in [2.45, 2.75) is 26.7 Å². The number of hydrogen-bond donors (Lipinski definition) is 2. The standard InChI is InChI=1S/C23H27N5O/c1-16-6-11-21(29-3)20(14-16)27-23-15-22(24-17(2)25-23)26-18-7-9-19(10-8-18)28-12-4-5-13-28/h6-11,14-15H,4-5,12-13H2,1-3H3,(H2,24,25,26,27). The number of hydrogen-bond acceptors (Lipinski definition) is 6. The maximum absolute atomic E-state index is 5.46. The quantitative estimate of drug-likeness (QED) is 0.605. The first-order valence-corrected chi connectivity index (χ1v) is 10.00. The van der Waals surface area contributed by atoms with Gasteiger partial charge in [0.15, 0.2) is 0 Å². The summed E-state index contributed by atoms with van der Waals surface area (Å²) in [5.74, 6) is 2.94. The Balaban J connectivity index is 1.52. The molecule has 0 radical (unpaired) electrons. The third-order valence-corrected chi connectivity index (χ3v) is 5.07. The van der Waals surface area contributed by atoms with Crippen molar-refractivity contribution in [1.29, 1.82) is 0 Å². The molecule has 6 nitrogen and oxygen atoms in total. The fourth-order valence-electron chi connectivity index (χ4n) is 3.63. The van der Waals surface area contributed by atoms with Crippen LogP contribution in [-0.2, 0) is 0 Å². The van der Waals surface area contributed by atoms with Crippen molar-refractivity contribution in [3.63, 3.8) is 0 Å². The lowest BCUT2D eigenvalue weighted by Crippen LogP contribution is -2.17. The Labute approximate surface area is 172 Å². The highest BCUT2D eigenvalue weighted by molar-refractivity contribution is 5.68. The molecular formula is C23H27N5O. The summed E-state index contributed by atoms with van der Waals surface area (Å²) in [7, 11) is 1.67. The van der Waals surface area contributed by atoms with E-state index in [0.717, 1.165) is 47.4 Å². The molecule has 0 bridgehead atoms. The van der Waals surface area contributed by atoms with Gasteiger partial charge in [-0.2, -0.15) is 0 Å². The van der Waals surface area contributed by atoms with Crippen LogP contribution in [0.25, 0.3) is 0 Å². The van der Waals surface area contributed by atoms with Crippen LogP contribution >= 0.6 is 0 Å². The second-order valence-corrected chi connectivity index (χ2v) is 7.38. The van der Waals surface area contributed by atoms with E-state index in [1.54, 1.807) is 7.11 Å². The topological polar surface area (TPSA) is 62.3 Å². The van der Waals surface area contributed by atoms with E-state index >= 15 is 0 Å². The number of ether oxygens (including phenoxy) is 1. The van der Waals surface area contributed by atoms with E-state index in [9.17, 15) is 0 Å². The Morgan fingerprint density at radius 3 is 2.24 bits per heavy atom. The van der Waals surface area contributed by atoms with Gasteiger partial charge < -0.3 is 20.3 Å². The Morgan fingerprint density at radius 2 is 1.55 bits per heavy atom. The number of anilines is 5. The number of methoxy groups -OCH3 is 1. The molecule has 6 heteroatoms. The van der Waals surface area contributed by atoms with Gasteiger partial charge in [-0.1, -0.05) is 6.07 Å². The van der Waals surface area contributed by atoms with Crippen molar-refractivity contribution < 1.29 is 4.74 Å². The normalized spacial score (nSPS) is 13.4. The van der Waals surface area contributed by atoms with E-state index in [-0.39, 0.29) is 0 Å². The number of aryl methyl sites for hydroxylation is 2. The molecule has 1 saturated heterocycles. The third kappa shape index (κ3) is 4.59. The minimum atomic E-state index is 0.692. The Bertz CT molecular complexity index is 981. The number of rotatable bonds is 6. The Morgan fingerprint density at radius 1 is 0.862 bits per heavy atom. The van der Waals surface area contributed by atoms with Gasteiger partial charge in [-0.15, -0.1) is 0 Å². The van der Waals surface area contributed by atoms with Gasteiger partial charge in [-0.3, -0.25) is 0 Å². The van der Waals surface area contributed by atoms with Crippen LogP contribution in [0.15, 0.2) is 48.5 Å². The van der Waals surface area contributed by atoms with Crippen LogP contribution < -0.4 is 20.3 Å². The van der Waals surface area contributed by atoms with E-state index in [1.807, 2.05) is 31.2 Å². The number of aromatic nitrogens is 2. The second-order valence-electron chi connectivity index (χ2n) is 7.38. The average molecular weight is 390 g/mol. The van der Waals surface area contributed by atoms with Gasteiger partial charge >= 0.3 is 0 Å². The molecule has 1 aromatic heterocycles. The van der Waals surface area contributed by atoms with Crippen molar-refractivity contribution in [2.24, 2.45) is 0 Å². The first kappa shape index (κ1) is 19.1. The van der Waals surface area contributed by atoms with Crippen LogP contribution in [-0.4, -0.2) is 30.2 Å². The Kier molecular flexibility index (Phi) is 5.51. The lowest BCUT2D eigenvalue weighted by atomic mass is 10.2. The van der Waals surface area contributed by atoms with Crippen LogP contribution in [0.3, 0.4) is 0 Å². The summed E-state index contributed by atoms with van der Waals surface area (Å²) in [5, 5.41) is 6.74. The highest BCUT2D eigenvalue weighted by Gasteiger charge is 2.12. The molecule has 4 rings (SSSR count). The molecule has 1 fully saturated rings. The van der Waals surface area contributed by atoms with Crippen molar-refractivity contribution in [3.8, 4) is 5.75 Å². The molecule has 3 aromatic rings. The molecular weight excluding hydrogens is 362 g/mol. The summed E-state index contributed by atoms with van der Waals surface area (Å²) in [5.41, 5.74) is 4.31. The third-order valence-electron chi connectivity index (χ3n) is 5.07. The van der Waals surface area contributed by atoms with Gasteiger partial charge in [0.05, 0.1) is 12.8 Å². The van der Waals surface area contributed by atoms with E-state index in [2.05, 4.69) is 56.7 Å². The molecule has 29 heavy (non-hydrogen) atoms. The second kappa shape index (κ2) is 8.39. The molecule has 2 heterocycles. The van der Waals surface area contributed by atoms with Crippen molar-refractivity contribution in [2.75, 3.05) is 35.7 Å². The minimum Gasteiger partial charge on any atom is -0.495 e. The zero-order chi connectivity index (χ0) is 20.2. The Hall–Kier alpha value is -3.28. The zero-order valence-electron chi connectivity index (χ0n) is 17.2. The summed E-state index contributed by atoms with van der Waals surface area (Å²) in [4.78, 5) is 11.5. The predicted molar refractivity (Wildman–Crippen MR) is 119 cm³/mol. The summed E-state index contributed by atoms with van der Waals surface area (Å²) < 4.78 is 5.46. The molecule has 2 N–H and O–H groups in total. The summed E-state index contributed by atoms with van der Waals surface area (Å²) in [6, 6.07) is 16.4. The molecule has 1 aliphatic rings. The van der Waals surface area contributed by atoms with Gasteiger partial charge in [0.2, 0.25) is 0 Å². The van der Waals surface area contributed by atoms with E-state index in [1.165, 1.54) is 18.5 Å². The fourth-order valence-corrected chi connectivity index (χ4v) is 3.63. The fraction of sp³-hybridized carbons (Fsp3) is 0.304. The predicted octanol–water partition coefficient (Wildman–Crippen LogP) is 5.19. The smallest absolute Gasteiger partial charge is 0.142 e. The number of nitrogens with one attached hydrogen (secondary N) is 2. The van der Waals surface area contributed by atoms with Crippen molar-refractivity contribution >= 4 is 28.7 Å². The summed E-state index contributed by atoms with van der Waals surface area (Å²) in [6.45, 7) is 6.24. The van der Waals surface area contributed by atoms with Gasteiger partial charge in [-0.05, 0) is 68.7 Å². The molecule has 2 aromatic carbocycles. The zero-order valence-corrected chi connectivity index (χ0v) is 17.2. The SMILES string of the molecule is COc1ccc(C)cc1Nc1cc(Nc2ccc(N3CCCC3)cc2)nc(C)n1. The molecule has 0 aliphatic carbocycles. The van der Waals surface area contributed by atoms with E-state index < -0.39 is 0 Å². The number of benzene rings is 2. The molecule has 0 spiro atoms. The highest BCUT2D eigenvalue weighted by Crippen LogP contribution is 2.29. The molecule has 0 atom stereocenters. The maximum Gasteiger partial charge on any atom is 0.142 e. The number of nitrogens with zero attached hydrogens (tertiary/aromatic N) is 3. The molecule has 0 amide bonds. The molecule has 0 saturated carbocycles. The summed E-state index contributed by atoms with van der Waals surface area (Å²) in [6.07, 6.45) is 2.56. The van der Waals surface area contributed by atoms with Crippen LogP contribution in [0.1, 0.15) is 24.2 Å². The van der Waals surface area contributed by atoms with Crippen molar-refractivity contribution in [1.82, 2.24) is 9.97 Å². The average Bonchev–Trinajstić information content (AvgIpc) is 3.23. The summed E-state index contributed by atoms with van der Waals surface area (Å²) >= 11 is 0. The lowest BCUT2D eigenvalue weighted by molar-refractivity contribution is 0.416. The van der Waals surface area contributed by atoms with Crippen LogP contribution in [0.2, 0.25) is 0 Å². The molecule has 150 valence electrons.